The smallest absolute Gasteiger partial charge is 0.223 e. The average molecular weight is 331 g/mol. The van der Waals surface area contributed by atoms with Crippen molar-refractivity contribution >= 4 is 29.1 Å². The maximum Gasteiger partial charge on any atom is 0.223 e. The lowest BCUT2D eigenvalue weighted by atomic mass is 10.0. The first-order chi connectivity index (χ1) is 10.0. The minimum Gasteiger partial charge on any atom is -0.343 e. The van der Waals surface area contributed by atoms with Crippen LogP contribution < -0.4 is 5.32 Å². The monoisotopic (exact) mass is 330 g/mol. The SMILES string of the molecule is CCC(NCCC(=O)N(CC)CC)c1ccc(Cl)cc1Cl. The second kappa shape index (κ2) is 9.29. The number of carbonyl (C=O) groups excluding carboxylic acids is 1. The molecule has 3 nitrogen and oxygen atoms in total. The Labute approximate surface area is 137 Å². The Morgan fingerprint density at radius 2 is 1.90 bits per heavy atom. The van der Waals surface area contributed by atoms with E-state index in [9.17, 15) is 4.79 Å². The first-order valence-corrected chi connectivity index (χ1v) is 8.25. The van der Waals surface area contributed by atoms with E-state index in [4.69, 9.17) is 23.2 Å². The number of nitrogens with zero attached hydrogens (tertiary/aromatic N) is 1. The summed E-state index contributed by atoms with van der Waals surface area (Å²) in [6.07, 6.45) is 1.41. The highest BCUT2D eigenvalue weighted by Gasteiger charge is 2.14. The van der Waals surface area contributed by atoms with E-state index in [0.29, 0.717) is 23.0 Å². The zero-order valence-corrected chi connectivity index (χ0v) is 14.5. The molecule has 1 rings (SSSR count). The number of rotatable bonds is 8. The maximum atomic E-state index is 12.0. The zero-order chi connectivity index (χ0) is 15.8. The Hall–Kier alpha value is -0.770. The molecule has 0 saturated heterocycles. The molecule has 1 atom stereocenters. The van der Waals surface area contributed by atoms with E-state index >= 15 is 0 Å². The molecule has 5 heteroatoms. The lowest BCUT2D eigenvalue weighted by Gasteiger charge is -2.21. The summed E-state index contributed by atoms with van der Waals surface area (Å²) in [5.41, 5.74) is 1.03. The highest BCUT2D eigenvalue weighted by Crippen LogP contribution is 2.27. The van der Waals surface area contributed by atoms with Crippen LogP contribution in [-0.4, -0.2) is 30.4 Å². The van der Waals surface area contributed by atoms with Gasteiger partial charge in [0.2, 0.25) is 5.91 Å². The van der Waals surface area contributed by atoms with Crippen LogP contribution >= 0.6 is 23.2 Å². The van der Waals surface area contributed by atoms with E-state index < -0.39 is 0 Å². The van der Waals surface area contributed by atoms with Crippen LogP contribution in [0.2, 0.25) is 10.0 Å². The van der Waals surface area contributed by atoms with Crippen molar-refractivity contribution in [2.24, 2.45) is 0 Å². The summed E-state index contributed by atoms with van der Waals surface area (Å²) in [5, 5.41) is 4.70. The predicted octanol–water partition coefficient (Wildman–Crippen LogP) is 4.29. The average Bonchev–Trinajstić information content (AvgIpc) is 2.46. The third-order valence-corrected chi connectivity index (χ3v) is 4.15. The molecular weight excluding hydrogens is 307 g/mol. The fraction of sp³-hybridized carbons (Fsp3) is 0.562. The first-order valence-electron chi connectivity index (χ1n) is 7.49. The molecule has 0 aliphatic rings. The molecule has 0 bridgehead atoms. The van der Waals surface area contributed by atoms with Crippen molar-refractivity contribution in [1.29, 1.82) is 0 Å². The van der Waals surface area contributed by atoms with Gasteiger partial charge in [-0.1, -0.05) is 36.2 Å². The van der Waals surface area contributed by atoms with Crippen LogP contribution in [-0.2, 0) is 4.79 Å². The molecule has 21 heavy (non-hydrogen) atoms. The number of benzene rings is 1. The molecule has 0 aliphatic heterocycles. The maximum absolute atomic E-state index is 12.0. The van der Waals surface area contributed by atoms with Crippen LogP contribution in [0.1, 0.15) is 45.2 Å². The Morgan fingerprint density at radius 3 is 2.43 bits per heavy atom. The fourth-order valence-corrected chi connectivity index (χ4v) is 2.89. The number of carbonyl (C=O) groups is 1. The van der Waals surface area contributed by atoms with Crippen molar-refractivity contribution < 1.29 is 4.79 Å². The van der Waals surface area contributed by atoms with Crippen molar-refractivity contribution in [3.05, 3.63) is 33.8 Å². The summed E-state index contributed by atoms with van der Waals surface area (Å²) >= 11 is 12.2. The summed E-state index contributed by atoms with van der Waals surface area (Å²) in [4.78, 5) is 13.8. The molecule has 0 aromatic heterocycles. The number of nitrogens with one attached hydrogen (secondary N) is 1. The molecular formula is C16H24Cl2N2O. The molecule has 0 saturated carbocycles. The summed E-state index contributed by atoms with van der Waals surface area (Å²) in [7, 11) is 0. The molecule has 0 aliphatic carbocycles. The standard InChI is InChI=1S/C16H24Cl2N2O/c1-4-15(13-8-7-12(17)11-14(13)18)19-10-9-16(21)20(5-2)6-3/h7-8,11,15,19H,4-6,9-10H2,1-3H3. The highest BCUT2D eigenvalue weighted by atomic mass is 35.5. The largest absolute Gasteiger partial charge is 0.343 e. The molecule has 1 aromatic carbocycles. The van der Waals surface area contributed by atoms with Crippen LogP contribution in [0.4, 0.5) is 0 Å². The zero-order valence-electron chi connectivity index (χ0n) is 13.0. The molecule has 1 unspecified atom stereocenters. The quantitative estimate of drug-likeness (QED) is 0.770. The summed E-state index contributed by atoms with van der Waals surface area (Å²) in [6, 6.07) is 5.68. The van der Waals surface area contributed by atoms with Crippen LogP contribution in [0.3, 0.4) is 0 Å². The molecule has 0 radical (unpaired) electrons. The lowest BCUT2D eigenvalue weighted by Crippen LogP contribution is -2.33. The number of halogens is 2. The minimum atomic E-state index is 0.138. The Bertz CT molecular complexity index is 462. The van der Waals surface area contributed by atoms with Crippen LogP contribution in [0.5, 0.6) is 0 Å². The number of hydrogen-bond acceptors (Lipinski definition) is 2. The van der Waals surface area contributed by atoms with E-state index in [0.717, 1.165) is 25.1 Å². The van der Waals surface area contributed by atoms with Gasteiger partial charge in [0.1, 0.15) is 0 Å². The predicted molar refractivity (Wildman–Crippen MR) is 90.0 cm³/mol. The van der Waals surface area contributed by atoms with Gasteiger partial charge in [0.25, 0.3) is 0 Å². The summed E-state index contributed by atoms with van der Waals surface area (Å²) in [6.45, 7) is 8.25. The van der Waals surface area contributed by atoms with Crippen molar-refractivity contribution in [1.82, 2.24) is 10.2 Å². The number of amides is 1. The van der Waals surface area contributed by atoms with Gasteiger partial charge in [-0.25, -0.2) is 0 Å². The van der Waals surface area contributed by atoms with Crippen LogP contribution in [0, 0.1) is 0 Å². The topological polar surface area (TPSA) is 32.3 Å². The third-order valence-electron chi connectivity index (χ3n) is 3.59. The fourth-order valence-electron chi connectivity index (χ4n) is 2.35. The van der Waals surface area contributed by atoms with Gasteiger partial charge in [0.15, 0.2) is 0 Å². The third kappa shape index (κ3) is 5.50. The van der Waals surface area contributed by atoms with E-state index in [1.807, 2.05) is 30.9 Å². The van der Waals surface area contributed by atoms with E-state index in [-0.39, 0.29) is 11.9 Å². The van der Waals surface area contributed by atoms with Gasteiger partial charge in [0.05, 0.1) is 0 Å². The van der Waals surface area contributed by atoms with Crippen LogP contribution in [0.25, 0.3) is 0 Å². The second-order valence-electron chi connectivity index (χ2n) is 4.90. The van der Waals surface area contributed by atoms with E-state index in [2.05, 4.69) is 12.2 Å². The van der Waals surface area contributed by atoms with Crippen molar-refractivity contribution in [2.45, 2.75) is 39.7 Å². The van der Waals surface area contributed by atoms with E-state index in [1.165, 1.54) is 0 Å². The molecule has 0 heterocycles. The molecule has 118 valence electrons. The van der Waals surface area contributed by atoms with Gasteiger partial charge in [-0.2, -0.15) is 0 Å². The lowest BCUT2D eigenvalue weighted by molar-refractivity contribution is -0.130. The summed E-state index contributed by atoms with van der Waals surface area (Å²) in [5.74, 6) is 0.185. The van der Waals surface area contributed by atoms with Crippen molar-refractivity contribution in [3.63, 3.8) is 0 Å². The Kier molecular flexibility index (Phi) is 8.09. The molecule has 0 spiro atoms. The highest BCUT2D eigenvalue weighted by molar-refractivity contribution is 6.35. The van der Waals surface area contributed by atoms with Gasteiger partial charge < -0.3 is 10.2 Å². The Morgan fingerprint density at radius 1 is 1.24 bits per heavy atom. The second-order valence-corrected chi connectivity index (χ2v) is 5.74. The van der Waals surface area contributed by atoms with Gasteiger partial charge in [0, 0.05) is 42.1 Å². The minimum absolute atomic E-state index is 0.138. The Balaban J connectivity index is 2.57. The van der Waals surface area contributed by atoms with Gasteiger partial charge in [-0.3, -0.25) is 4.79 Å². The summed E-state index contributed by atoms with van der Waals surface area (Å²) < 4.78 is 0. The van der Waals surface area contributed by atoms with E-state index in [1.54, 1.807) is 6.07 Å². The van der Waals surface area contributed by atoms with Gasteiger partial charge in [-0.05, 0) is 38.0 Å². The van der Waals surface area contributed by atoms with Crippen molar-refractivity contribution in [2.75, 3.05) is 19.6 Å². The normalized spacial score (nSPS) is 12.2. The molecule has 1 amide bonds. The van der Waals surface area contributed by atoms with Crippen molar-refractivity contribution in [3.8, 4) is 0 Å². The first kappa shape index (κ1) is 18.3. The van der Waals surface area contributed by atoms with Gasteiger partial charge in [-0.15, -0.1) is 0 Å². The molecule has 1 N–H and O–H groups in total. The number of hydrogen-bond donors (Lipinski definition) is 1. The van der Waals surface area contributed by atoms with Gasteiger partial charge >= 0.3 is 0 Å². The molecule has 0 fully saturated rings. The molecule has 1 aromatic rings. The van der Waals surface area contributed by atoms with Crippen LogP contribution in [0.15, 0.2) is 18.2 Å².